The summed E-state index contributed by atoms with van der Waals surface area (Å²) >= 11 is 0. The standard InChI is InChI=1S/C22H20N4O3/c1-13-4-9-20-18(10-13)19(26-29-20)12-21(27)25-16-5-7-17(8-6-16)28-22-23-14(2)11-15(3)24-22/h4-11H,12H2,1-3H3,(H,25,27). The molecular formula is C22H20N4O3. The van der Waals surface area contributed by atoms with E-state index >= 15 is 0 Å². The lowest BCUT2D eigenvalue weighted by atomic mass is 10.1. The molecule has 0 bridgehead atoms. The van der Waals surface area contributed by atoms with Crippen LogP contribution in [0.15, 0.2) is 53.1 Å². The third-order valence-corrected chi connectivity index (χ3v) is 4.34. The highest BCUT2D eigenvalue weighted by atomic mass is 16.5. The van der Waals surface area contributed by atoms with Crippen LogP contribution >= 0.6 is 0 Å². The van der Waals surface area contributed by atoms with Gasteiger partial charge in [0, 0.05) is 22.5 Å². The first-order valence-electron chi connectivity index (χ1n) is 9.21. The number of hydrogen-bond acceptors (Lipinski definition) is 6. The van der Waals surface area contributed by atoms with Crippen LogP contribution in [0, 0.1) is 20.8 Å². The maximum Gasteiger partial charge on any atom is 0.322 e. The summed E-state index contributed by atoms with van der Waals surface area (Å²) in [7, 11) is 0. The normalized spacial score (nSPS) is 10.9. The molecule has 1 amide bonds. The van der Waals surface area contributed by atoms with E-state index in [2.05, 4.69) is 20.4 Å². The van der Waals surface area contributed by atoms with Crippen LogP contribution < -0.4 is 10.1 Å². The summed E-state index contributed by atoms with van der Waals surface area (Å²) in [5.74, 6) is 0.416. The van der Waals surface area contributed by atoms with Gasteiger partial charge >= 0.3 is 6.01 Å². The third-order valence-electron chi connectivity index (χ3n) is 4.34. The van der Waals surface area contributed by atoms with E-state index in [0.29, 0.717) is 28.7 Å². The van der Waals surface area contributed by atoms with Crippen LogP contribution in [-0.4, -0.2) is 21.0 Å². The number of ether oxygens (including phenoxy) is 1. The molecule has 0 saturated carbocycles. The predicted octanol–water partition coefficient (Wildman–Crippen LogP) is 4.52. The number of fused-ring (bicyclic) bond motifs is 1. The van der Waals surface area contributed by atoms with Crippen molar-refractivity contribution in [3.63, 3.8) is 0 Å². The number of benzene rings is 2. The highest BCUT2D eigenvalue weighted by Crippen LogP contribution is 2.22. The van der Waals surface area contributed by atoms with Crippen LogP contribution in [0.2, 0.25) is 0 Å². The molecule has 0 atom stereocenters. The Kier molecular flexibility index (Phi) is 4.95. The summed E-state index contributed by atoms with van der Waals surface area (Å²) in [5.41, 5.74) is 4.72. The second-order valence-electron chi connectivity index (χ2n) is 6.91. The first-order valence-corrected chi connectivity index (χ1v) is 9.21. The maximum absolute atomic E-state index is 12.4. The van der Waals surface area contributed by atoms with Crippen molar-refractivity contribution >= 4 is 22.6 Å². The number of nitrogens with one attached hydrogen (secondary N) is 1. The van der Waals surface area contributed by atoms with Gasteiger partial charge in [-0.15, -0.1) is 0 Å². The minimum absolute atomic E-state index is 0.130. The maximum atomic E-state index is 12.4. The molecule has 7 nitrogen and oxygen atoms in total. The summed E-state index contributed by atoms with van der Waals surface area (Å²) in [6, 6.07) is 15.0. The molecule has 4 aromatic rings. The molecule has 29 heavy (non-hydrogen) atoms. The Morgan fingerprint density at radius 3 is 2.45 bits per heavy atom. The molecule has 0 radical (unpaired) electrons. The van der Waals surface area contributed by atoms with E-state index in [1.807, 2.05) is 45.0 Å². The summed E-state index contributed by atoms with van der Waals surface area (Å²) < 4.78 is 11.0. The zero-order chi connectivity index (χ0) is 20.4. The highest BCUT2D eigenvalue weighted by molar-refractivity contribution is 5.94. The second kappa shape index (κ2) is 7.71. The van der Waals surface area contributed by atoms with Crippen molar-refractivity contribution in [2.75, 3.05) is 5.32 Å². The van der Waals surface area contributed by atoms with Crippen molar-refractivity contribution in [1.82, 2.24) is 15.1 Å². The van der Waals surface area contributed by atoms with Gasteiger partial charge in [-0.25, -0.2) is 9.97 Å². The Balaban J connectivity index is 1.41. The Hall–Kier alpha value is -3.74. The minimum atomic E-state index is -0.173. The quantitative estimate of drug-likeness (QED) is 0.541. The van der Waals surface area contributed by atoms with E-state index in [0.717, 1.165) is 22.3 Å². The molecule has 2 heterocycles. The largest absolute Gasteiger partial charge is 0.424 e. The van der Waals surface area contributed by atoms with Crippen LogP contribution in [0.3, 0.4) is 0 Å². The van der Waals surface area contributed by atoms with Crippen molar-refractivity contribution in [3.8, 4) is 11.8 Å². The average molecular weight is 388 g/mol. The average Bonchev–Trinajstić information content (AvgIpc) is 3.04. The van der Waals surface area contributed by atoms with E-state index in [1.54, 1.807) is 24.3 Å². The molecule has 0 aliphatic carbocycles. The van der Waals surface area contributed by atoms with Gasteiger partial charge in [-0.3, -0.25) is 4.79 Å². The van der Waals surface area contributed by atoms with E-state index in [1.165, 1.54) is 0 Å². The van der Waals surface area contributed by atoms with Gasteiger partial charge in [0.05, 0.1) is 6.42 Å². The first-order chi connectivity index (χ1) is 14.0. The fraction of sp³-hybridized carbons (Fsp3) is 0.182. The van der Waals surface area contributed by atoms with E-state index in [4.69, 9.17) is 9.26 Å². The molecular weight excluding hydrogens is 368 g/mol. The Labute approximate surface area is 167 Å². The number of carbonyl (C=O) groups is 1. The lowest BCUT2D eigenvalue weighted by Crippen LogP contribution is -2.14. The molecule has 2 aromatic heterocycles. The number of amides is 1. The smallest absolute Gasteiger partial charge is 0.322 e. The molecule has 0 unspecified atom stereocenters. The lowest BCUT2D eigenvalue weighted by Gasteiger charge is -2.07. The van der Waals surface area contributed by atoms with Crippen LogP contribution in [0.25, 0.3) is 11.0 Å². The topological polar surface area (TPSA) is 90.1 Å². The van der Waals surface area contributed by atoms with Crippen molar-refractivity contribution in [1.29, 1.82) is 0 Å². The Bertz CT molecular complexity index is 1160. The number of rotatable bonds is 5. The Morgan fingerprint density at radius 2 is 1.72 bits per heavy atom. The van der Waals surface area contributed by atoms with Crippen molar-refractivity contribution < 1.29 is 14.1 Å². The highest BCUT2D eigenvalue weighted by Gasteiger charge is 2.13. The van der Waals surface area contributed by atoms with E-state index in [9.17, 15) is 4.79 Å². The molecule has 0 aliphatic heterocycles. The first kappa shape index (κ1) is 18.6. The van der Waals surface area contributed by atoms with E-state index in [-0.39, 0.29) is 12.3 Å². The van der Waals surface area contributed by atoms with Gasteiger partial charge in [0.15, 0.2) is 5.58 Å². The van der Waals surface area contributed by atoms with Crippen LogP contribution in [0.4, 0.5) is 5.69 Å². The predicted molar refractivity (Wildman–Crippen MR) is 109 cm³/mol. The molecule has 4 rings (SSSR count). The van der Waals surface area contributed by atoms with Crippen LogP contribution in [0.5, 0.6) is 11.8 Å². The lowest BCUT2D eigenvalue weighted by molar-refractivity contribution is -0.115. The summed E-state index contributed by atoms with van der Waals surface area (Å²) in [6.45, 7) is 5.77. The van der Waals surface area contributed by atoms with Gasteiger partial charge in [-0.05, 0) is 63.2 Å². The van der Waals surface area contributed by atoms with Gasteiger partial charge < -0.3 is 14.6 Å². The Morgan fingerprint density at radius 1 is 1.00 bits per heavy atom. The number of anilines is 1. The number of carbonyl (C=O) groups excluding carboxylic acids is 1. The van der Waals surface area contributed by atoms with Crippen molar-refractivity contribution in [3.05, 3.63) is 71.2 Å². The fourth-order valence-electron chi connectivity index (χ4n) is 3.04. The molecule has 0 aliphatic rings. The number of hydrogen-bond donors (Lipinski definition) is 1. The van der Waals surface area contributed by atoms with Gasteiger partial charge in [-0.2, -0.15) is 0 Å². The van der Waals surface area contributed by atoms with Gasteiger partial charge in [0.1, 0.15) is 11.4 Å². The van der Waals surface area contributed by atoms with Crippen LogP contribution in [-0.2, 0) is 11.2 Å². The van der Waals surface area contributed by atoms with Gasteiger partial charge in [0.2, 0.25) is 5.91 Å². The molecule has 7 heteroatoms. The molecule has 2 aromatic carbocycles. The monoisotopic (exact) mass is 388 g/mol. The number of nitrogens with zero attached hydrogens (tertiary/aromatic N) is 3. The summed E-state index contributed by atoms with van der Waals surface area (Å²) in [6.07, 6.45) is 0.130. The van der Waals surface area contributed by atoms with Gasteiger partial charge in [-0.1, -0.05) is 16.8 Å². The van der Waals surface area contributed by atoms with Crippen molar-refractivity contribution in [2.24, 2.45) is 0 Å². The molecule has 0 spiro atoms. The zero-order valence-corrected chi connectivity index (χ0v) is 16.4. The van der Waals surface area contributed by atoms with E-state index < -0.39 is 0 Å². The fourth-order valence-corrected chi connectivity index (χ4v) is 3.04. The summed E-state index contributed by atoms with van der Waals surface area (Å²) in [4.78, 5) is 20.9. The van der Waals surface area contributed by atoms with Gasteiger partial charge in [0.25, 0.3) is 0 Å². The summed E-state index contributed by atoms with van der Waals surface area (Å²) in [5, 5.41) is 7.74. The molecule has 1 N–H and O–H groups in total. The zero-order valence-electron chi connectivity index (χ0n) is 16.4. The second-order valence-corrected chi connectivity index (χ2v) is 6.91. The third kappa shape index (κ3) is 4.40. The SMILES string of the molecule is Cc1ccc2onc(CC(=O)Nc3ccc(Oc4nc(C)cc(C)n4)cc3)c2c1. The molecule has 0 saturated heterocycles. The van der Waals surface area contributed by atoms with Crippen molar-refractivity contribution in [2.45, 2.75) is 27.2 Å². The number of aryl methyl sites for hydroxylation is 3. The number of aromatic nitrogens is 3. The molecule has 0 fully saturated rings. The van der Waals surface area contributed by atoms with Crippen LogP contribution in [0.1, 0.15) is 22.6 Å². The minimum Gasteiger partial charge on any atom is -0.424 e. The molecule has 146 valence electrons.